The lowest BCUT2D eigenvalue weighted by atomic mass is 10.1. The predicted octanol–water partition coefficient (Wildman–Crippen LogP) is 7.89. The minimum atomic E-state index is -0.477. The smallest absolute Gasteiger partial charge is 0.330 e. The third kappa shape index (κ3) is 11.0. The number of carbonyl (C=O) groups is 2. The Bertz CT molecular complexity index is 1360. The van der Waals surface area contributed by atoms with Crippen molar-refractivity contribution in [1.82, 2.24) is 0 Å². The van der Waals surface area contributed by atoms with Gasteiger partial charge in [-0.25, -0.2) is 9.59 Å². The van der Waals surface area contributed by atoms with E-state index in [-0.39, 0.29) is 13.2 Å². The topological polar surface area (TPSA) is 71.1 Å². The van der Waals surface area contributed by atoms with Gasteiger partial charge in [-0.2, -0.15) is 0 Å². The first kappa shape index (κ1) is 32.5. The van der Waals surface area contributed by atoms with Crippen LogP contribution in [-0.2, 0) is 19.1 Å². The summed E-state index contributed by atoms with van der Waals surface area (Å²) in [6.45, 7) is 7.42. The molecular weight excluding hydrogens is 593 g/mol. The van der Waals surface area contributed by atoms with Gasteiger partial charge in [0.2, 0.25) is 0 Å². The number of thioether (sulfide) groups is 2. The molecule has 4 aromatic carbocycles. The van der Waals surface area contributed by atoms with E-state index in [1.165, 1.54) is 0 Å². The molecule has 0 aliphatic rings. The number of esters is 2. The third-order valence-corrected chi connectivity index (χ3v) is 8.46. The largest absolute Gasteiger partial charge is 0.490 e. The number of hydrogen-bond donors (Lipinski definition) is 0. The molecule has 2 atom stereocenters. The molecule has 2 unspecified atom stereocenters. The van der Waals surface area contributed by atoms with Crippen molar-refractivity contribution in [2.24, 2.45) is 0 Å². The standard InChI is InChI=1S/C36H34O6S2/c1-3-35(37)41-31(25-43-33-11-7-5-8-12-33)23-39-29-19-15-27(16-20-29)28-17-21-30(22-18-28)40-24-32(42-36(38)4-2)26-44-34-13-9-6-10-14-34/h3-22,31-32H,1-2,23-26H2. The number of carbonyl (C=O) groups excluding carboxylic acids is 2. The average molecular weight is 627 g/mol. The summed E-state index contributed by atoms with van der Waals surface area (Å²) in [4.78, 5) is 25.9. The van der Waals surface area contributed by atoms with Crippen LogP contribution in [0.1, 0.15) is 0 Å². The van der Waals surface area contributed by atoms with Crippen molar-refractivity contribution in [3.05, 3.63) is 135 Å². The van der Waals surface area contributed by atoms with Crippen molar-refractivity contribution in [3.8, 4) is 22.6 Å². The van der Waals surface area contributed by atoms with Gasteiger partial charge in [-0.05, 0) is 59.7 Å². The Morgan fingerprint density at radius 3 is 1.27 bits per heavy atom. The van der Waals surface area contributed by atoms with Crippen LogP contribution >= 0.6 is 23.5 Å². The minimum Gasteiger partial charge on any atom is -0.490 e. The molecule has 0 heterocycles. The normalized spacial score (nSPS) is 11.9. The van der Waals surface area contributed by atoms with Crippen LogP contribution in [0.3, 0.4) is 0 Å². The van der Waals surface area contributed by atoms with Crippen LogP contribution < -0.4 is 9.47 Å². The summed E-state index contributed by atoms with van der Waals surface area (Å²) in [5.41, 5.74) is 2.02. The molecule has 4 rings (SSSR count). The van der Waals surface area contributed by atoms with Crippen LogP contribution in [0.25, 0.3) is 11.1 Å². The molecule has 0 aromatic heterocycles. The van der Waals surface area contributed by atoms with Gasteiger partial charge in [0.15, 0.2) is 0 Å². The first-order valence-electron chi connectivity index (χ1n) is 14.0. The second-order valence-electron chi connectivity index (χ2n) is 9.44. The van der Waals surface area contributed by atoms with E-state index in [9.17, 15) is 9.59 Å². The van der Waals surface area contributed by atoms with Gasteiger partial charge in [0.25, 0.3) is 0 Å². The molecule has 0 amide bonds. The molecule has 0 N–H and O–H groups in total. The van der Waals surface area contributed by atoms with E-state index in [4.69, 9.17) is 18.9 Å². The zero-order valence-electron chi connectivity index (χ0n) is 24.2. The average Bonchev–Trinajstić information content (AvgIpc) is 3.08. The van der Waals surface area contributed by atoms with Crippen LogP contribution in [0.15, 0.2) is 144 Å². The lowest BCUT2D eigenvalue weighted by Crippen LogP contribution is -2.26. The Hall–Kier alpha value is -4.40. The van der Waals surface area contributed by atoms with E-state index >= 15 is 0 Å². The monoisotopic (exact) mass is 626 g/mol. The second-order valence-corrected chi connectivity index (χ2v) is 11.6. The predicted molar refractivity (Wildman–Crippen MR) is 177 cm³/mol. The molecule has 6 nitrogen and oxygen atoms in total. The zero-order chi connectivity index (χ0) is 31.0. The molecule has 226 valence electrons. The summed E-state index contributed by atoms with van der Waals surface area (Å²) in [7, 11) is 0. The van der Waals surface area contributed by atoms with Crippen molar-refractivity contribution in [1.29, 1.82) is 0 Å². The van der Waals surface area contributed by atoms with Gasteiger partial charge in [0.1, 0.15) is 36.9 Å². The van der Waals surface area contributed by atoms with Crippen molar-refractivity contribution >= 4 is 35.5 Å². The fourth-order valence-electron chi connectivity index (χ4n) is 3.93. The van der Waals surface area contributed by atoms with Gasteiger partial charge in [-0.1, -0.05) is 73.8 Å². The van der Waals surface area contributed by atoms with E-state index in [0.717, 1.165) is 33.1 Å². The number of hydrogen-bond acceptors (Lipinski definition) is 8. The molecule has 8 heteroatoms. The number of benzene rings is 4. The molecule has 0 saturated carbocycles. The Labute approximate surface area is 267 Å². The molecule has 4 aromatic rings. The number of ether oxygens (including phenoxy) is 4. The maximum Gasteiger partial charge on any atom is 0.330 e. The highest BCUT2D eigenvalue weighted by Gasteiger charge is 2.16. The highest BCUT2D eigenvalue weighted by Crippen LogP contribution is 2.26. The van der Waals surface area contributed by atoms with E-state index in [1.54, 1.807) is 23.5 Å². The Morgan fingerprint density at radius 2 is 0.932 bits per heavy atom. The molecule has 44 heavy (non-hydrogen) atoms. The maximum absolute atomic E-state index is 11.8. The summed E-state index contributed by atoms with van der Waals surface area (Å²) in [5, 5.41) is 0. The van der Waals surface area contributed by atoms with Crippen LogP contribution in [0, 0.1) is 0 Å². The third-order valence-electron chi connectivity index (χ3n) is 6.17. The Kier molecular flexibility index (Phi) is 13.0. The molecule has 0 aliphatic heterocycles. The second kappa shape index (κ2) is 17.7. The quantitative estimate of drug-likeness (QED) is 0.0666. The lowest BCUT2D eigenvalue weighted by Gasteiger charge is -2.18. The van der Waals surface area contributed by atoms with Crippen molar-refractivity contribution in [3.63, 3.8) is 0 Å². The molecule has 0 fully saturated rings. The summed E-state index contributed by atoms with van der Waals surface area (Å²) >= 11 is 3.20. The SMILES string of the molecule is C=CC(=O)OC(COc1ccc(-c2ccc(OCC(CSc3ccccc3)OC(=O)C=C)cc2)cc1)CSc1ccccc1. The van der Waals surface area contributed by atoms with Crippen LogP contribution in [0.5, 0.6) is 11.5 Å². The van der Waals surface area contributed by atoms with Gasteiger partial charge in [-0.15, -0.1) is 23.5 Å². The Morgan fingerprint density at radius 1 is 0.568 bits per heavy atom. The molecule has 0 bridgehead atoms. The fourth-order valence-corrected chi connectivity index (χ4v) is 5.72. The summed E-state index contributed by atoms with van der Waals surface area (Å²) < 4.78 is 22.9. The van der Waals surface area contributed by atoms with Crippen LogP contribution in [0.4, 0.5) is 0 Å². The fraction of sp³-hybridized carbons (Fsp3) is 0.167. The highest BCUT2D eigenvalue weighted by atomic mass is 32.2. The molecular formula is C36H34O6S2. The first-order valence-corrected chi connectivity index (χ1v) is 16.0. The van der Waals surface area contributed by atoms with Crippen molar-refractivity contribution in [2.45, 2.75) is 22.0 Å². The molecule has 0 radical (unpaired) electrons. The summed E-state index contributed by atoms with van der Waals surface area (Å²) in [6.07, 6.45) is 1.45. The van der Waals surface area contributed by atoms with Crippen LogP contribution in [0.2, 0.25) is 0 Å². The van der Waals surface area contributed by atoms with Crippen molar-refractivity contribution < 1.29 is 28.5 Å². The van der Waals surface area contributed by atoms with Gasteiger partial charge in [0, 0.05) is 33.4 Å². The highest BCUT2D eigenvalue weighted by molar-refractivity contribution is 7.99. The van der Waals surface area contributed by atoms with Crippen LogP contribution in [-0.4, -0.2) is 48.9 Å². The van der Waals surface area contributed by atoms with E-state index in [1.807, 2.05) is 109 Å². The zero-order valence-corrected chi connectivity index (χ0v) is 25.8. The van der Waals surface area contributed by atoms with E-state index in [2.05, 4.69) is 13.2 Å². The van der Waals surface area contributed by atoms with Crippen molar-refractivity contribution in [2.75, 3.05) is 24.7 Å². The van der Waals surface area contributed by atoms with E-state index < -0.39 is 24.1 Å². The maximum atomic E-state index is 11.8. The van der Waals surface area contributed by atoms with Gasteiger partial charge in [0.05, 0.1) is 0 Å². The van der Waals surface area contributed by atoms with Gasteiger partial charge < -0.3 is 18.9 Å². The molecule has 0 aliphatic carbocycles. The summed E-state index contributed by atoms with van der Waals surface area (Å²) in [6, 6.07) is 35.3. The van der Waals surface area contributed by atoms with Gasteiger partial charge >= 0.3 is 11.9 Å². The lowest BCUT2D eigenvalue weighted by molar-refractivity contribution is -0.144. The summed E-state index contributed by atoms with van der Waals surface area (Å²) in [5.74, 6) is 1.50. The van der Waals surface area contributed by atoms with E-state index in [0.29, 0.717) is 23.0 Å². The Balaban J connectivity index is 1.29. The number of rotatable bonds is 17. The molecule has 0 saturated heterocycles. The molecule has 0 spiro atoms. The first-order chi connectivity index (χ1) is 21.5. The van der Waals surface area contributed by atoms with Gasteiger partial charge in [-0.3, -0.25) is 0 Å². The minimum absolute atomic E-state index is 0.220.